The lowest BCUT2D eigenvalue weighted by Gasteiger charge is -2.35. The van der Waals surface area contributed by atoms with E-state index in [0.29, 0.717) is 25.5 Å². The normalized spacial score (nSPS) is 19.6. The maximum Gasteiger partial charge on any atom is 0.167 e. The number of aromatic amines is 1. The van der Waals surface area contributed by atoms with Gasteiger partial charge in [0.2, 0.25) is 0 Å². The topological polar surface area (TPSA) is 64.2 Å². The second-order valence-electron chi connectivity index (χ2n) is 3.84. The highest BCUT2D eigenvalue weighted by Gasteiger charge is 2.37. The van der Waals surface area contributed by atoms with Crippen molar-refractivity contribution in [3.63, 3.8) is 0 Å². The van der Waals surface area contributed by atoms with E-state index in [9.17, 15) is 4.79 Å². The van der Waals surface area contributed by atoms with Crippen molar-refractivity contribution in [1.29, 1.82) is 0 Å². The quantitative estimate of drug-likeness (QED) is 0.782. The molecule has 16 heavy (non-hydrogen) atoms. The van der Waals surface area contributed by atoms with Crippen molar-refractivity contribution < 1.29 is 14.3 Å². The van der Waals surface area contributed by atoms with Crippen LogP contribution in [0.1, 0.15) is 36.1 Å². The summed E-state index contributed by atoms with van der Waals surface area (Å²) in [4.78, 5) is 17.9. The molecule has 1 aromatic heterocycles. The molecule has 0 atom stereocenters. The third kappa shape index (κ3) is 2.01. The van der Waals surface area contributed by atoms with Crippen LogP contribution in [0.2, 0.25) is 0 Å². The lowest BCUT2D eigenvalue weighted by molar-refractivity contribution is -0.117. The van der Waals surface area contributed by atoms with Crippen molar-refractivity contribution in [2.24, 2.45) is 0 Å². The molecule has 1 aromatic rings. The Morgan fingerprint density at radius 3 is 2.94 bits per heavy atom. The van der Waals surface area contributed by atoms with Crippen molar-refractivity contribution in [2.45, 2.75) is 25.4 Å². The Morgan fingerprint density at radius 1 is 1.62 bits per heavy atom. The lowest BCUT2D eigenvalue weighted by Crippen LogP contribution is -2.37. The first-order chi connectivity index (χ1) is 7.80. The van der Waals surface area contributed by atoms with E-state index < -0.39 is 5.60 Å². The van der Waals surface area contributed by atoms with Crippen LogP contribution in [0.25, 0.3) is 0 Å². The average Bonchev–Trinajstić information content (AvgIpc) is 2.80. The van der Waals surface area contributed by atoms with Crippen LogP contribution in [-0.4, -0.2) is 36.1 Å². The Kier molecular flexibility index (Phi) is 3.36. The molecule has 0 spiro atoms. The number of ether oxygens (including phenoxy) is 2. The maximum absolute atomic E-state index is 10.6. The van der Waals surface area contributed by atoms with E-state index in [1.54, 1.807) is 6.20 Å². The summed E-state index contributed by atoms with van der Waals surface area (Å²) in [6, 6.07) is 0. The van der Waals surface area contributed by atoms with Gasteiger partial charge in [-0.3, -0.25) is 4.79 Å². The number of carbonyl (C=O) groups is 1. The molecular formula is C11H16N2O3. The molecule has 2 heterocycles. The third-order valence-corrected chi connectivity index (χ3v) is 2.88. The second kappa shape index (κ2) is 4.76. The molecule has 5 nitrogen and oxygen atoms in total. The minimum atomic E-state index is -0.408. The van der Waals surface area contributed by atoms with Crippen LogP contribution in [0, 0.1) is 0 Å². The number of H-pyrrole nitrogens is 1. The molecular weight excluding hydrogens is 208 g/mol. The molecule has 0 aromatic carbocycles. The Hall–Kier alpha value is -1.20. The molecule has 1 aliphatic heterocycles. The minimum absolute atomic E-state index is 0.408. The zero-order valence-electron chi connectivity index (χ0n) is 9.36. The van der Waals surface area contributed by atoms with Gasteiger partial charge in [-0.05, 0) is 6.92 Å². The summed E-state index contributed by atoms with van der Waals surface area (Å²) in [5.74, 6) is 0.736. The minimum Gasteiger partial charge on any atom is -0.381 e. The summed E-state index contributed by atoms with van der Waals surface area (Å²) in [6.45, 7) is 3.91. The Labute approximate surface area is 94.2 Å². The van der Waals surface area contributed by atoms with E-state index in [0.717, 1.165) is 25.0 Å². The lowest BCUT2D eigenvalue weighted by atomic mass is 9.93. The van der Waals surface area contributed by atoms with E-state index in [1.165, 1.54) is 0 Å². The maximum atomic E-state index is 10.6. The van der Waals surface area contributed by atoms with Gasteiger partial charge in [-0.15, -0.1) is 0 Å². The summed E-state index contributed by atoms with van der Waals surface area (Å²) in [7, 11) is 0. The highest BCUT2D eigenvalue weighted by atomic mass is 16.5. The van der Waals surface area contributed by atoms with Crippen LogP contribution in [0.15, 0.2) is 6.20 Å². The van der Waals surface area contributed by atoms with Crippen LogP contribution in [0.3, 0.4) is 0 Å². The van der Waals surface area contributed by atoms with Crippen LogP contribution in [0.5, 0.6) is 0 Å². The molecule has 5 heteroatoms. The van der Waals surface area contributed by atoms with Gasteiger partial charge in [0.1, 0.15) is 11.4 Å². The number of rotatable bonds is 4. The van der Waals surface area contributed by atoms with Crippen molar-refractivity contribution in [3.05, 3.63) is 17.7 Å². The summed E-state index contributed by atoms with van der Waals surface area (Å²) in [5, 5.41) is 0. The van der Waals surface area contributed by atoms with Gasteiger partial charge >= 0.3 is 0 Å². The zero-order valence-corrected chi connectivity index (χ0v) is 9.36. The first-order valence-corrected chi connectivity index (χ1v) is 5.53. The Morgan fingerprint density at radius 2 is 2.38 bits per heavy atom. The summed E-state index contributed by atoms with van der Waals surface area (Å²) < 4.78 is 11.2. The van der Waals surface area contributed by atoms with Gasteiger partial charge in [-0.2, -0.15) is 0 Å². The molecule has 88 valence electrons. The summed E-state index contributed by atoms with van der Waals surface area (Å²) >= 11 is 0. The Bertz CT molecular complexity index is 350. The predicted octanol–water partition coefficient (Wildman–Crippen LogP) is 1.26. The highest BCUT2D eigenvalue weighted by Crippen LogP contribution is 2.34. The van der Waals surface area contributed by atoms with Crippen LogP contribution >= 0.6 is 0 Å². The van der Waals surface area contributed by atoms with E-state index >= 15 is 0 Å². The SMILES string of the molecule is CCOC1(c2ncc(C=O)[nH]2)CCOCC1. The zero-order chi connectivity index (χ0) is 11.4. The Balaban J connectivity index is 2.26. The summed E-state index contributed by atoms with van der Waals surface area (Å²) in [5.41, 5.74) is 0.0782. The monoisotopic (exact) mass is 224 g/mol. The second-order valence-corrected chi connectivity index (χ2v) is 3.84. The standard InChI is InChI=1S/C11H16N2O3/c1-2-16-11(3-5-15-6-4-11)10-12-7-9(8-14)13-10/h7-8H,2-6H2,1H3,(H,12,13). The van der Waals surface area contributed by atoms with Crippen LogP contribution in [0.4, 0.5) is 0 Å². The molecule has 1 aliphatic rings. The number of carbonyl (C=O) groups excluding carboxylic acids is 1. The van der Waals surface area contributed by atoms with Crippen molar-refractivity contribution in [1.82, 2.24) is 9.97 Å². The number of imidazole rings is 1. The van der Waals surface area contributed by atoms with Gasteiger partial charge in [0.15, 0.2) is 6.29 Å². The van der Waals surface area contributed by atoms with Gasteiger partial charge in [-0.1, -0.05) is 0 Å². The molecule has 0 amide bonds. The number of nitrogens with zero attached hydrogens (tertiary/aromatic N) is 1. The van der Waals surface area contributed by atoms with Gasteiger partial charge < -0.3 is 14.5 Å². The van der Waals surface area contributed by atoms with E-state index in [4.69, 9.17) is 9.47 Å². The first-order valence-electron chi connectivity index (χ1n) is 5.53. The number of hydrogen-bond donors (Lipinski definition) is 1. The number of hydrogen-bond acceptors (Lipinski definition) is 4. The van der Waals surface area contributed by atoms with Crippen molar-refractivity contribution >= 4 is 6.29 Å². The molecule has 1 saturated heterocycles. The molecule has 1 N–H and O–H groups in total. The predicted molar refractivity (Wildman–Crippen MR) is 57.3 cm³/mol. The van der Waals surface area contributed by atoms with E-state index in [1.807, 2.05) is 6.92 Å². The summed E-state index contributed by atoms with van der Waals surface area (Å²) in [6.07, 6.45) is 3.84. The average molecular weight is 224 g/mol. The fourth-order valence-corrected chi connectivity index (χ4v) is 2.05. The van der Waals surface area contributed by atoms with E-state index in [-0.39, 0.29) is 0 Å². The fraction of sp³-hybridized carbons (Fsp3) is 0.636. The van der Waals surface area contributed by atoms with Crippen molar-refractivity contribution in [3.8, 4) is 0 Å². The van der Waals surface area contributed by atoms with Gasteiger partial charge in [0.25, 0.3) is 0 Å². The molecule has 0 bridgehead atoms. The molecule has 0 aliphatic carbocycles. The highest BCUT2D eigenvalue weighted by molar-refractivity contribution is 5.71. The van der Waals surface area contributed by atoms with Crippen molar-refractivity contribution in [2.75, 3.05) is 19.8 Å². The van der Waals surface area contributed by atoms with Crippen LogP contribution in [-0.2, 0) is 15.1 Å². The number of aldehydes is 1. The van der Waals surface area contributed by atoms with Gasteiger partial charge in [0.05, 0.1) is 11.9 Å². The molecule has 0 radical (unpaired) electrons. The number of nitrogens with one attached hydrogen (secondary N) is 1. The fourth-order valence-electron chi connectivity index (χ4n) is 2.05. The van der Waals surface area contributed by atoms with Crippen LogP contribution < -0.4 is 0 Å². The molecule has 2 rings (SSSR count). The smallest absolute Gasteiger partial charge is 0.167 e. The molecule has 1 fully saturated rings. The first kappa shape index (κ1) is 11.3. The largest absolute Gasteiger partial charge is 0.381 e. The third-order valence-electron chi connectivity index (χ3n) is 2.88. The molecule has 0 saturated carbocycles. The van der Waals surface area contributed by atoms with Gasteiger partial charge in [-0.25, -0.2) is 4.98 Å². The van der Waals surface area contributed by atoms with E-state index in [2.05, 4.69) is 9.97 Å². The van der Waals surface area contributed by atoms with Gasteiger partial charge in [0, 0.05) is 32.7 Å². The number of aromatic nitrogens is 2. The molecule has 0 unspecified atom stereocenters.